The number of nitrogens with zero attached hydrogens (tertiary/aromatic N) is 1. The first kappa shape index (κ1) is 19.3. The van der Waals surface area contributed by atoms with Crippen LogP contribution in [0.4, 0.5) is 11.4 Å². The Morgan fingerprint density at radius 1 is 1.15 bits per heavy atom. The number of benzene rings is 2. The minimum absolute atomic E-state index is 0.00842. The van der Waals surface area contributed by atoms with E-state index in [9.17, 15) is 4.79 Å². The fourth-order valence-electron chi connectivity index (χ4n) is 2.83. The smallest absolute Gasteiger partial charge is 0.234 e. The summed E-state index contributed by atoms with van der Waals surface area (Å²) < 4.78 is 6.48. The van der Waals surface area contributed by atoms with Crippen LogP contribution in [0.1, 0.15) is 11.1 Å². The summed E-state index contributed by atoms with van der Waals surface area (Å²) in [5.41, 5.74) is 4.35. The van der Waals surface area contributed by atoms with Crippen LogP contribution in [0.3, 0.4) is 0 Å². The molecule has 1 N–H and O–H groups in total. The number of hydrogen-bond donors (Lipinski definition) is 1. The van der Waals surface area contributed by atoms with Crippen molar-refractivity contribution >= 4 is 45.0 Å². The van der Waals surface area contributed by atoms with Gasteiger partial charge in [0.2, 0.25) is 5.91 Å². The lowest BCUT2D eigenvalue weighted by Gasteiger charge is -2.28. The molecule has 0 aromatic heterocycles. The van der Waals surface area contributed by atoms with Crippen molar-refractivity contribution in [3.63, 3.8) is 0 Å². The Hall–Kier alpha value is -1.50. The quantitative estimate of drug-likeness (QED) is 0.696. The molecule has 2 aromatic carbocycles. The van der Waals surface area contributed by atoms with Crippen LogP contribution in [0.25, 0.3) is 0 Å². The number of ether oxygens (including phenoxy) is 1. The third kappa shape index (κ3) is 5.02. The summed E-state index contributed by atoms with van der Waals surface area (Å²) >= 11 is 5.11. The van der Waals surface area contributed by atoms with E-state index in [4.69, 9.17) is 4.74 Å². The predicted octanol–water partition coefficient (Wildman–Crippen LogP) is 4.63. The van der Waals surface area contributed by atoms with E-state index in [1.54, 1.807) is 11.8 Å². The summed E-state index contributed by atoms with van der Waals surface area (Å²) in [4.78, 5) is 15.7. The SMILES string of the molecule is Cc1cc(SCC(=O)Nc2ccc(N3CCOCC3)cc2)c(C)cc1Br. The normalized spacial score (nSPS) is 14.3. The molecule has 1 aliphatic heterocycles. The fraction of sp³-hybridized carbons (Fsp3) is 0.350. The van der Waals surface area contributed by atoms with E-state index in [-0.39, 0.29) is 5.91 Å². The van der Waals surface area contributed by atoms with Crippen molar-refractivity contribution in [2.45, 2.75) is 18.7 Å². The Balaban J connectivity index is 1.54. The minimum atomic E-state index is 0.00842. The highest BCUT2D eigenvalue weighted by atomic mass is 79.9. The van der Waals surface area contributed by atoms with Gasteiger partial charge in [-0.05, 0) is 61.4 Å². The number of thioether (sulfide) groups is 1. The summed E-state index contributed by atoms with van der Waals surface area (Å²) in [6.07, 6.45) is 0. The van der Waals surface area contributed by atoms with E-state index in [0.717, 1.165) is 41.4 Å². The molecule has 0 saturated carbocycles. The van der Waals surface area contributed by atoms with Gasteiger partial charge in [-0.25, -0.2) is 0 Å². The van der Waals surface area contributed by atoms with Gasteiger partial charge in [-0.3, -0.25) is 4.79 Å². The van der Waals surface area contributed by atoms with Crippen LogP contribution in [0.2, 0.25) is 0 Å². The average molecular weight is 435 g/mol. The molecule has 26 heavy (non-hydrogen) atoms. The molecule has 0 unspecified atom stereocenters. The van der Waals surface area contributed by atoms with Gasteiger partial charge in [0.05, 0.1) is 19.0 Å². The zero-order chi connectivity index (χ0) is 18.5. The molecule has 4 nitrogen and oxygen atoms in total. The van der Waals surface area contributed by atoms with Gasteiger partial charge in [0, 0.05) is 33.8 Å². The monoisotopic (exact) mass is 434 g/mol. The van der Waals surface area contributed by atoms with Crippen molar-refractivity contribution in [2.24, 2.45) is 0 Å². The predicted molar refractivity (Wildman–Crippen MR) is 112 cm³/mol. The van der Waals surface area contributed by atoms with Crippen LogP contribution in [0, 0.1) is 13.8 Å². The molecule has 0 atom stereocenters. The van der Waals surface area contributed by atoms with Crippen LogP contribution >= 0.6 is 27.7 Å². The van der Waals surface area contributed by atoms with Crippen LogP contribution in [-0.4, -0.2) is 38.0 Å². The number of halogens is 1. The van der Waals surface area contributed by atoms with Crippen molar-refractivity contribution in [3.8, 4) is 0 Å². The first-order chi connectivity index (χ1) is 12.5. The van der Waals surface area contributed by atoms with Crippen molar-refractivity contribution in [1.29, 1.82) is 0 Å². The Morgan fingerprint density at radius 3 is 2.54 bits per heavy atom. The molecular formula is C20H23BrN2O2S. The Kier molecular flexibility index (Phi) is 6.62. The van der Waals surface area contributed by atoms with Gasteiger partial charge in [-0.2, -0.15) is 0 Å². The number of amides is 1. The largest absolute Gasteiger partial charge is 0.378 e. The minimum Gasteiger partial charge on any atom is -0.378 e. The van der Waals surface area contributed by atoms with E-state index in [1.165, 1.54) is 16.8 Å². The third-order valence-electron chi connectivity index (χ3n) is 4.34. The lowest BCUT2D eigenvalue weighted by atomic mass is 10.2. The van der Waals surface area contributed by atoms with Crippen LogP contribution in [0.5, 0.6) is 0 Å². The molecule has 0 spiro atoms. The summed E-state index contributed by atoms with van der Waals surface area (Å²) in [5, 5.41) is 2.98. The number of anilines is 2. The van der Waals surface area contributed by atoms with Crippen molar-refractivity contribution in [2.75, 3.05) is 42.3 Å². The lowest BCUT2D eigenvalue weighted by Crippen LogP contribution is -2.36. The Morgan fingerprint density at radius 2 is 1.85 bits per heavy atom. The van der Waals surface area contributed by atoms with E-state index in [2.05, 4.69) is 64.3 Å². The Labute approximate surface area is 167 Å². The number of rotatable bonds is 5. The number of carbonyl (C=O) groups is 1. The van der Waals surface area contributed by atoms with E-state index in [0.29, 0.717) is 5.75 Å². The summed E-state index contributed by atoms with van der Waals surface area (Å²) in [6, 6.07) is 12.2. The van der Waals surface area contributed by atoms with E-state index in [1.807, 2.05) is 12.1 Å². The van der Waals surface area contributed by atoms with Crippen LogP contribution in [-0.2, 0) is 9.53 Å². The van der Waals surface area contributed by atoms with Crippen LogP contribution < -0.4 is 10.2 Å². The molecule has 1 aliphatic rings. The lowest BCUT2D eigenvalue weighted by molar-refractivity contribution is -0.113. The van der Waals surface area contributed by atoms with Gasteiger partial charge in [0.15, 0.2) is 0 Å². The first-order valence-electron chi connectivity index (χ1n) is 8.65. The number of nitrogens with one attached hydrogen (secondary N) is 1. The summed E-state index contributed by atoms with van der Waals surface area (Å²) in [7, 11) is 0. The van der Waals surface area contributed by atoms with Gasteiger partial charge >= 0.3 is 0 Å². The zero-order valence-electron chi connectivity index (χ0n) is 15.0. The maximum Gasteiger partial charge on any atom is 0.234 e. The van der Waals surface area contributed by atoms with Crippen molar-refractivity contribution in [3.05, 3.63) is 52.0 Å². The maximum atomic E-state index is 12.3. The molecule has 138 valence electrons. The van der Waals surface area contributed by atoms with Gasteiger partial charge < -0.3 is 15.0 Å². The average Bonchev–Trinajstić information content (AvgIpc) is 2.65. The van der Waals surface area contributed by atoms with E-state index < -0.39 is 0 Å². The molecule has 1 amide bonds. The van der Waals surface area contributed by atoms with Gasteiger partial charge in [0.1, 0.15) is 0 Å². The third-order valence-corrected chi connectivity index (χ3v) is 6.35. The van der Waals surface area contributed by atoms with Crippen molar-refractivity contribution in [1.82, 2.24) is 0 Å². The fourth-order valence-corrected chi connectivity index (χ4v) is 4.19. The van der Waals surface area contributed by atoms with Crippen molar-refractivity contribution < 1.29 is 9.53 Å². The number of aryl methyl sites for hydroxylation is 2. The summed E-state index contributed by atoms with van der Waals surface area (Å²) in [5.74, 6) is 0.404. The second-order valence-electron chi connectivity index (χ2n) is 6.35. The second kappa shape index (κ2) is 8.93. The second-order valence-corrected chi connectivity index (χ2v) is 8.22. The molecule has 0 bridgehead atoms. The number of morpholine rings is 1. The highest BCUT2D eigenvalue weighted by Gasteiger charge is 2.11. The molecule has 0 radical (unpaired) electrons. The molecule has 2 aromatic rings. The molecular weight excluding hydrogens is 412 g/mol. The first-order valence-corrected chi connectivity index (χ1v) is 10.4. The Bertz CT molecular complexity index is 774. The number of hydrogen-bond acceptors (Lipinski definition) is 4. The standard InChI is InChI=1S/C20H23BrN2O2S/c1-14-12-19(15(2)11-18(14)21)26-13-20(24)22-16-3-5-17(6-4-16)23-7-9-25-10-8-23/h3-6,11-12H,7-10,13H2,1-2H3,(H,22,24). The number of carbonyl (C=O) groups excluding carboxylic acids is 1. The maximum absolute atomic E-state index is 12.3. The van der Waals surface area contributed by atoms with Gasteiger partial charge in [-0.1, -0.05) is 15.9 Å². The molecule has 1 fully saturated rings. The molecule has 1 heterocycles. The molecule has 3 rings (SSSR count). The highest BCUT2D eigenvalue weighted by molar-refractivity contribution is 9.10. The van der Waals surface area contributed by atoms with Gasteiger partial charge in [-0.15, -0.1) is 11.8 Å². The van der Waals surface area contributed by atoms with Crippen LogP contribution in [0.15, 0.2) is 45.8 Å². The summed E-state index contributed by atoms with van der Waals surface area (Å²) in [6.45, 7) is 7.48. The topological polar surface area (TPSA) is 41.6 Å². The molecule has 6 heteroatoms. The zero-order valence-corrected chi connectivity index (χ0v) is 17.5. The van der Waals surface area contributed by atoms with E-state index >= 15 is 0 Å². The highest BCUT2D eigenvalue weighted by Crippen LogP contribution is 2.28. The molecule has 1 saturated heterocycles. The molecule has 0 aliphatic carbocycles. The van der Waals surface area contributed by atoms with Gasteiger partial charge in [0.25, 0.3) is 0 Å².